The van der Waals surface area contributed by atoms with Crippen LogP contribution in [0.4, 0.5) is 13.2 Å². The smallest absolute Gasteiger partial charge is 0.446 e. The van der Waals surface area contributed by atoms with Crippen LogP contribution >= 0.6 is 23.4 Å². The number of aliphatic carboxylic acids is 1. The molecule has 4 nitrogen and oxygen atoms in total. The number of alkyl halides is 4. The molecule has 1 aromatic rings. The highest BCUT2D eigenvalue weighted by Gasteiger charge is 2.34. The number of aliphatic hydroxyl groups is 1. The Morgan fingerprint density at radius 2 is 1.90 bits per heavy atom. The standard InChI is InChI=1S/C12H10ClF3O4S/c1-5(17)9(13)6-3-2-4-7(21-12(14,15)16)8(6)10(18)11(19)20/h2-4,9-10,18H,1H3,(H,19,20). The van der Waals surface area contributed by atoms with Crippen LogP contribution in [0.5, 0.6) is 0 Å². The Balaban J connectivity index is 3.48. The molecule has 0 amide bonds. The summed E-state index contributed by atoms with van der Waals surface area (Å²) < 4.78 is 37.5. The number of aliphatic hydroxyl groups excluding tert-OH is 1. The SMILES string of the molecule is CC(=O)C(Cl)c1cccc(SC(F)(F)F)c1C(O)C(=O)O. The highest BCUT2D eigenvalue weighted by molar-refractivity contribution is 8.00. The van der Waals surface area contributed by atoms with Gasteiger partial charge in [-0.1, -0.05) is 12.1 Å². The number of ketones is 1. The van der Waals surface area contributed by atoms with Gasteiger partial charge in [0.05, 0.1) is 0 Å². The minimum atomic E-state index is -4.68. The van der Waals surface area contributed by atoms with Gasteiger partial charge in [-0.2, -0.15) is 13.2 Å². The lowest BCUT2D eigenvalue weighted by molar-refractivity contribution is -0.147. The largest absolute Gasteiger partial charge is 0.479 e. The van der Waals surface area contributed by atoms with Crippen LogP contribution in [0.2, 0.25) is 0 Å². The molecule has 1 rings (SSSR count). The molecule has 1 aromatic carbocycles. The Hall–Kier alpha value is -1.25. The van der Waals surface area contributed by atoms with E-state index in [-0.39, 0.29) is 5.56 Å². The molecule has 2 N–H and O–H groups in total. The first kappa shape index (κ1) is 17.8. The molecule has 2 atom stereocenters. The van der Waals surface area contributed by atoms with Gasteiger partial charge in [0.15, 0.2) is 11.9 Å². The summed E-state index contributed by atoms with van der Waals surface area (Å²) in [6.45, 7) is 1.11. The average Bonchev–Trinajstić information content (AvgIpc) is 2.34. The number of hydrogen-bond acceptors (Lipinski definition) is 4. The van der Waals surface area contributed by atoms with Gasteiger partial charge >= 0.3 is 11.5 Å². The number of carboxylic acid groups (broad SMARTS) is 1. The van der Waals surface area contributed by atoms with Gasteiger partial charge in [-0.3, -0.25) is 4.79 Å². The second-order valence-electron chi connectivity index (χ2n) is 4.02. The van der Waals surface area contributed by atoms with E-state index in [2.05, 4.69) is 0 Å². The van der Waals surface area contributed by atoms with Crippen LogP contribution in [-0.4, -0.2) is 27.5 Å². The van der Waals surface area contributed by atoms with Gasteiger partial charge in [0, 0.05) is 10.5 Å². The maximum atomic E-state index is 12.5. The van der Waals surface area contributed by atoms with Crippen LogP contribution < -0.4 is 0 Å². The predicted octanol–water partition coefficient (Wildman–Crippen LogP) is 3.29. The van der Waals surface area contributed by atoms with Crippen molar-refractivity contribution in [3.8, 4) is 0 Å². The van der Waals surface area contributed by atoms with E-state index < -0.39 is 51.0 Å². The molecule has 0 fully saturated rings. The van der Waals surface area contributed by atoms with E-state index in [0.29, 0.717) is 0 Å². The highest BCUT2D eigenvalue weighted by atomic mass is 35.5. The normalized spacial score (nSPS) is 14.6. The fourth-order valence-electron chi connectivity index (χ4n) is 1.63. The Bertz CT molecular complexity index is 562. The number of rotatable bonds is 5. The van der Waals surface area contributed by atoms with Gasteiger partial charge in [0.25, 0.3) is 0 Å². The van der Waals surface area contributed by atoms with Crippen molar-refractivity contribution in [3.63, 3.8) is 0 Å². The minimum absolute atomic E-state index is 0.159. The number of hydrogen-bond donors (Lipinski definition) is 2. The van der Waals surface area contributed by atoms with Gasteiger partial charge in [-0.15, -0.1) is 11.6 Å². The van der Waals surface area contributed by atoms with Gasteiger partial charge < -0.3 is 10.2 Å². The zero-order valence-corrected chi connectivity index (χ0v) is 12.1. The number of Topliss-reactive ketones (excluding diaryl/α,β-unsaturated/α-hetero) is 1. The summed E-state index contributed by atoms with van der Waals surface area (Å²) in [5.74, 6) is -2.32. The number of benzene rings is 1. The van der Waals surface area contributed by atoms with Crippen LogP contribution in [-0.2, 0) is 9.59 Å². The van der Waals surface area contributed by atoms with Gasteiger partial charge in [0.1, 0.15) is 5.38 Å². The highest BCUT2D eigenvalue weighted by Crippen LogP contribution is 2.43. The molecular weight excluding hydrogens is 333 g/mol. The Morgan fingerprint density at radius 1 is 1.33 bits per heavy atom. The monoisotopic (exact) mass is 342 g/mol. The number of carboxylic acids is 1. The third kappa shape index (κ3) is 4.62. The van der Waals surface area contributed by atoms with Crippen molar-refractivity contribution in [3.05, 3.63) is 29.3 Å². The van der Waals surface area contributed by atoms with Gasteiger partial charge in [-0.05, 0) is 30.3 Å². The molecule has 0 saturated heterocycles. The molecule has 9 heteroatoms. The molecule has 0 spiro atoms. The van der Waals surface area contributed by atoms with E-state index >= 15 is 0 Å². The zero-order chi connectivity index (χ0) is 16.4. The van der Waals surface area contributed by atoms with Crippen molar-refractivity contribution in [1.82, 2.24) is 0 Å². The second kappa shape index (κ2) is 6.67. The molecule has 0 radical (unpaired) electrons. The van der Waals surface area contributed by atoms with E-state index in [1.165, 1.54) is 12.1 Å². The summed E-state index contributed by atoms with van der Waals surface area (Å²) in [5, 5.41) is 17.1. The maximum Gasteiger partial charge on any atom is 0.446 e. The molecule has 0 aliphatic heterocycles. The predicted molar refractivity (Wildman–Crippen MR) is 70.2 cm³/mol. The zero-order valence-electron chi connectivity index (χ0n) is 10.5. The summed E-state index contributed by atoms with van der Waals surface area (Å²) >= 11 is 5.22. The van der Waals surface area contributed by atoms with Gasteiger partial charge in [0.2, 0.25) is 0 Å². The van der Waals surface area contributed by atoms with Crippen LogP contribution in [0, 0.1) is 0 Å². The fourth-order valence-corrected chi connectivity index (χ4v) is 2.56. The van der Waals surface area contributed by atoms with Crippen LogP contribution in [0.3, 0.4) is 0 Å². The van der Waals surface area contributed by atoms with Crippen molar-refractivity contribution in [2.75, 3.05) is 0 Å². The van der Waals surface area contributed by atoms with Crippen molar-refractivity contribution >= 4 is 35.1 Å². The first-order valence-electron chi connectivity index (χ1n) is 5.48. The summed E-state index contributed by atoms with van der Waals surface area (Å²) in [6, 6.07) is 3.42. The molecule has 2 unspecified atom stereocenters. The van der Waals surface area contributed by atoms with Crippen LogP contribution in [0.1, 0.15) is 29.5 Å². The summed E-state index contributed by atoms with van der Waals surface area (Å²) in [4.78, 5) is 21.7. The second-order valence-corrected chi connectivity index (χ2v) is 5.56. The number of carbonyl (C=O) groups is 2. The van der Waals surface area contributed by atoms with E-state index in [1.54, 1.807) is 0 Å². The Labute approximate surface area is 126 Å². The summed E-state index contributed by atoms with van der Waals surface area (Å²) in [5.41, 5.74) is -5.36. The van der Waals surface area contributed by atoms with Crippen molar-refractivity contribution in [2.45, 2.75) is 28.8 Å². The number of halogens is 4. The number of carbonyl (C=O) groups excluding carboxylic acids is 1. The molecule has 0 aromatic heterocycles. The van der Waals surface area contributed by atoms with Crippen molar-refractivity contribution < 1.29 is 33.0 Å². The van der Waals surface area contributed by atoms with Crippen molar-refractivity contribution in [2.24, 2.45) is 0 Å². The molecular formula is C12H10ClF3O4S. The third-order valence-electron chi connectivity index (χ3n) is 2.46. The van der Waals surface area contributed by atoms with E-state index in [4.69, 9.17) is 16.7 Å². The van der Waals surface area contributed by atoms with Crippen molar-refractivity contribution in [1.29, 1.82) is 0 Å². The minimum Gasteiger partial charge on any atom is -0.479 e. The molecule has 0 aliphatic carbocycles. The molecule has 0 bridgehead atoms. The lowest BCUT2D eigenvalue weighted by Gasteiger charge is -2.19. The number of thioether (sulfide) groups is 1. The van der Waals surface area contributed by atoms with Crippen LogP contribution in [0.15, 0.2) is 23.1 Å². The van der Waals surface area contributed by atoms with Gasteiger partial charge in [-0.25, -0.2) is 4.79 Å². The third-order valence-corrected chi connectivity index (χ3v) is 3.81. The lowest BCUT2D eigenvalue weighted by Crippen LogP contribution is -2.17. The van der Waals surface area contributed by atoms with E-state index in [0.717, 1.165) is 13.0 Å². The summed E-state index contributed by atoms with van der Waals surface area (Å²) in [7, 11) is 0. The average molecular weight is 343 g/mol. The molecule has 0 saturated carbocycles. The molecule has 0 aliphatic rings. The topological polar surface area (TPSA) is 74.6 Å². The molecule has 0 heterocycles. The quantitative estimate of drug-likeness (QED) is 0.634. The first-order chi connectivity index (χ1) is 9.54. The van der Waals surface area contributed by atoms with Crippen LogP contribution in [0.25, 0.3) is 0 Å². The van der Waals surface area contributed by atoms with E-state index in [1.807, 2.05) is 0 Å². The molecule has 21 heavy (non-hydrogen) atoms. The van der Waals surface area contributed by atoms with E-state index in [9.17, 15) is 27.9 Å². The fraction of sp³-hybridized carbons (Fsp3) is 0.333. The Morgan fingerprint density at radius 3 is 2.33 bits per heavy atom. The first-order valence-corrected chi connectivity index (χ1v) is 6.74. The summed E-state index contributed by atoms with van der Waals surface area (Å²) in [6.07, 6.45) is -2.22. The lowest BCUT2D eigenvalue weighted by atomic mass is 9.98. The Kier molecular flexibility index (Phi) is 5.66. The molecule has 116 valence electrons. The maximum absolute atomic E-state index is 12.5.